The zero-order chi connectivity index (χ0) is 19.6. The van der Waals surface area contributed by atoms with Crippen LogP contribution in [0.4, 0.5) is 10.8 Å². The lowest BCUT2D eigenvalue weighted by atomic mass is 10.2. The van der Waals surface area contributed by atoms with Gasteiger partial charge in [-0.3, -0.25) is 9.59 Å². The van der Waals surface area contributed by atoms with Crippen molar-refractivity contribution in [2.24, 2.45) is 0 Å². The van der Waals surface area contributed by atoms with Crippen LogP contribution in [0.15, 0.2) is 41.3 Å². The van der Waals surface area contributed by atoms with Crippen molar-refractivity contribution in [2.75, 3.05) is 36.0 Å². The maximum atomic E-state index is 12.3. The molecule has 0 atom stereocenters. The number of hydrogen-bond acceptors (Lipinski definition) is 7. The van der Waals surface area contributed by atoms with Crippen molar-refractivity contribution >= 4 is 45.7 Å². The van der Waals surface area contributed by atoms with Crippen molar-refractivity contribution in [1.82, 2.24) is 15.1 Å². The molecule has 27 heavy (non-hydrogen) atoms. The Bertz CT molecular complexity index is 772. The van der Waals surface area contributed by atoms with E-state index in [0.29, 0.717) is 36.0 Å². The van der Waals surface area contributed by atoms with Crippen LogP contribution in [0.25, 0.3) is 0 Å². The number of amides is 2. The fourth-order valence-electron chi connectivity index (χ4n) is 2.21. The largest absolute Gasteiger partial charge is 0.357 e. The molecule has 0 saturated carbocycles. The van der Waals surface area contributed by atoms with Gasteiger partial charge in [-0.15, -0.1) is 16.8 Å². The number of hydrogen-bond donors (Lipinski definition) is 2. The number of nitrogens with zero attached hydrogens (tertiary/aromatic N) is 3. The molecule has 0 unspecified atom stereocenters. The Morgan fingerprint density at radius 1 is 1.22 bits per heavy atom. The lowest BCUT2D eigenvalue weighted by molar-refractivity contribution is -0.113. The average Bonchev–Trinajstić information content (AvgIpc) is 3.14. The molecule has 0 bridgehead atoms. The molecule has 0 saturated heterocycles. The van der Waals surface area contributed by atoms with Crippen molar-refractivity contribution in [3.63, 3.8) is 0 Å². The van der Waals surface area contributed by atoms with Gasteiger partial charge < -0.3 is 15.5 Å². The van der Waals surface area contributed by atoms with Gasteiger partial charge in [-0.1, -0.05) is 29.2 Å². The summed E-state index contributed by atoms with van der Waals surface area (Å²) >= 11 is 2.72. The highest BCUT2D eigenvalue weighted by atomic mass is 32.2. The first-order valence-corrected chi connectivity index (χ1v) is 10.4. The summed E-state index contributed by atoms with van der Waals surface area (Å²) in [6.07, 6.45) is 1.74. The van der Waals surface area contributed by atoms with Gasteiger partial charge in [0.2, 0.25) is 11.0 Å². The monoisotopic (exact) mass is 405 g/mol. The molecule has 0 radical (unpaired) electrons. The van der Waals surface area contributed by atoms with Gasteiger partial charge in [0.15, 0.2) is 4.34 Å². The van der Waals surface area contributed by atoms with Crippen LogP contribution in [0, 0.1) is 0 Å². The van der Waals surface area contributed by atoms with Crippen LogP contribution in [-0.2, 0) is 4.79 Å². The Kier molecular flexibility index (Phi) is 8.28. The van der Waals surface area contributed by atoms with Crippen LogP contribution in [0.1, 0.15) is 24.2 Å². The van der Waals surface area contributed by atoms with Crippen LogP contribution in [0.3, 0.4) is 0 Å². The van der Waals surface area contributed by atoms with E-state index in [1.54, 1.807) is 35.2 Å². The van der Waals surface area contributed by atoms with Gasteiger partial charge in [0.05, 0.1) is 5.75 Å². The predicted molar refractivity (Wildman–Crippen MR) is 112 cm³/mol. The summed E-state index contributed by atoms with van der Waals surface area (Å²) in [5, 5.41) is 14.6. The molecule has 0 spiro atoms. The van der Waals surface area contributed by atoms with Crippen LogP contribution in [0.2, 0.25) is 0 Å². The lowest BCUT2D eigenvalue weighted by Crippen LogP contribution is -2.30. The number of rotatable bonds is 10. The van der Waals surface area contributed by atoms with Crippen LogP contribution >= 0.6 is 23.1 Å². The molecule has 2 N–H and O–H groups in total. The highest BCUT2D eigenvalue weighted by Gasteiger charge is 2.13. The molecule has 144 valence electrons. The second-order valence-corrected chi connectivity index (χ2v) is 7.63. The van der Waals surface area contributed by atoms with Gasteiger partial charge in [-0.05, 0) is 38.1 Å². The second-order valence-electron chi connectivity index (χ2n) is 5.43. The molecule has 0 fully saturated rings. The van der Waals surface area contributed by atoms with E-state index in [2.05, 4.69) is 27.4 Å². The third-order valence-electron chi connectivity index (χ3n) is 3.60. The zero-order valence-electron chi connectivity index (χ0n) is 15.4. The minimum Gasteiger partial charge on any atom is -0.357 e. The molecule has 7 nitrogen and oxygen atoms in total. The summed E-state index contributed by atoms with van der Waals surface area (Å²) in [6.45, 7) is 9.48. The molecule has 0 aliphatic rings. The van der Waals surface area contributed by atoms with E-state index in [0.717, 1.165) is 4.34 Å². The van der Waals surface area contributed by atoms with E-state index in [9.17, 15) is 9.59 Å². The van der Waals surface area contributed by atoms with Crippen molar-refractivity contribution in [1.29, 1.82) is 0 Å². The third kappa shape index (κ3) is 6.37. The Morgan fingerprint density at radius 2 is 1.93 bits per heavy atom. The number of thioether (sulfide) groups is 1. The van der Waals surface area contributed by atoms with E-state index < -0.39 is 0 Å². The number of nitrogens with one attached hydrogen (secondary N) is 2. The minimum absolute atomic E-state index is 0.00873. The topological polar surface area (TPSA) is 87.2 Å². The maximum absolute atomic E-state index is 12.3. The normalized spacial score (nSPS) is 10.3. The van der Waals surface area contributed by atoms with Gasteiger partial charge in [0.1, 0.15) is 0 Å². The summed E-state index contributed by atoms with van der Waals surface area (Å²) in [6, 6.07) is 6.93. The van der Waals surface area contributed by atoms with Crippen molar-refractivity contribution in [3.05, 3.63) is 42.5 Å². The third-order valence-corrected chi connectivity index (χ3v) is 5.61. The van der Waals surface area contributed by atoms with Gasteiger partial charge in [-0.2, -0.15) is 0 Å². The van der Waals surface area contributed by atoms with Crippen molar-refractivity contribution in [3.8, 4) is 0 Å². The Labute approximate surface area is 167 Å². The maximum Gasteiger partial charge on any atom is 0.253 e. The molecule has 0 aliphatic heterocycles. The summed E-state index contributed by atoms with van der Waals surface area (Å²) in [5.41, 5.74) is 1.27. The summed E-state index contributed by atoms with van der Waals surface area (Å²) < 4.78 is 0.719. The fraction of sp³-hybridized carbons (Fsp3) is 0.333. The van der Waals surface area contributed by atoms with Crippen molar-refractivity contribution < 1.29 is 9.59 Å². The first-order valence-electron chi connectivity index (χ1n) is 8.57. The number of anilines is 2. The molecule has 1 aromatic carbocycles. The summed E-state index contributed by atoms with van der Waals surface area (Å²) in [4.78, 5) is 26.1. The van der Waals surface area contributed by atoms with Crippen LogP contribution in [0.5, 0.6) is 0 Å². The van der Waals surface area contributed by atoms with Gasteiger partial charge in [0, 0.05) is 30.9 Å². The molecular formula is C18H23N5O2S2. The molecule has 9 heteroatoms. The molecule has 1 heterocycles. The second kappa shape index (κ2) is 10.7. The predicted octanol–water partition coefficient (Wildman–Crippen LogP) is 3.35. The van der Waals surface area contributed by atoms with Gasteiger partial charge in [0.25, 0.3) is 5.91 Å². The van der Waals surface area contributed by atoms with E-state index >= 15 is 0 Å². The fourth-order valence-corrected chi connectivity index (χ4v) is 3.77. The molecular weight excluding hydrogens is 382 g/mol. The lowest BCUT2D eigenvalue weighted by Gasteiger charge is -2.18. The smallest absolute Gasteiger partial charge is 0.253 e. The van der Waals surface area contributed by atoms with E-state index in [1.807, 2.05) is 13.8 Å². The Balaban J connectivity index is 1.84. The highest BCUT2D eigenvalue weighted by molar-refractivity contribution is 8.01. The molecule has 1 aromatic heterocycles. The SMILES string of the molecule is C=CCNc1nnc(SCC(=O)Nc2ccc(C(=O)N(CC)CC)cc2)s1. The Hall–Kier alpha value is -2.39. The number of benzene rings is 1. The van der Waals surface area contributed by atoms with Crippen molar-refractivity contribution in [2.45, 2.75) is 18.2 Å². The first-order chi connectivity index (χ1) is 13.1. The van der Waals surface area contributed by atoms with E-state index in [4.69, 9.17) is 0 Å². The summed E-state index contributed by atoms with van der Waals surface area (Å²) in [5.74, 6) is 0.0835. The van der Waals surface area contributed by atoms with Gasteiger partial charge >= 0.3 is 0 Å². The minimum atomic E-state index is -0.140. The number of carbonyl (C=O) groups excluding carboxylic acids is 2. The average molecular weight is 406 g/mol. The molecule has 2 aromatic rings. The van der Waals surface area contributed by atoms with Crippen LogP contribution in [-0.4, -0.2) is 52.3 Å². The van der Waals surface area contributed by atoms with Crippen LogP contribution < -0.4 is 10.6 Å². The number of carbonyl (C=O) groups is 2. The highest BCUT2D eigenvalue weighted by Crippen LogP contribution is 2.25. The summed E-state index contributed by atoms with van der Waals surface area (Å²) in [7, 11) is 0. The van der Waals surface area contributed by atoms with E-state index in [1.165, 1.54) is 23.1 Å². The van der Waals surface area contributed by atoms with Gasteiger partial charge in [-0.25, -0.2) is 0 Å². The number of aromatic nitrogens is 2. The standard InChI is InChI=1S/C18H23N5O2S2/c1-4-11-19-17-21-22-18(27-17)26-12-15(24)20-14-9-7-13(8-10-14)16(25)23(5-2)6-3/h4,7-10H,1,5-6,11-12H2,2-3H3,(H,19,21)(H,20,24). The Morgan fingerprint density at radius 3 is 2.56 bits per heavy atom. The first kappa shape index (κ1) is 20.9. The quantitative estimate of drug-likeness (QED) is 0.466. The molecule has 2 amide bonds. The molecule has 2 rings (SSSR count). The molecule has 0 aliphatic carbocycles. The zero-order valence-corrected chi connectivity index (χ0v) is 17.0. The van der Waals surface area contributed by atoms with E-state index in [-0.39, 0.29) is 17.6 Å².